The first-order chi connectivity index (χ1) is 15.3. The van der Waals surface area contributed by atoms with E-state index in [2.05, 4.69) is 36.4 Å². The zero-order valence-electron chi connectivity index (χ0n) is 17.7. The van der Waals surface area contributed by atoms with Crippen LogP contribution in [0, 0.1) is 11.8 Å². The Hall–Kier alpha value is -3.11. The van der Waals surface area contributed by atoms with Crippen LogP contribution < -0.4 is 15.4 Å². The number of methoxy groups -OCH3 is 1. The number of thiol groups is 1. The Morgan fingerprint density at radius 3 is 2.53 bits per heavy atom. The van der Waals surface area contributed by atoms with E-state index in [9.17, 15) is 19.2 Å². The van der Waals surface area contributed by atoms with Gasteiger partial charge in [-0.1, -0.05) is 31.4 Å². The smallest absolute Gasteiger partial charge is 0.342 e. The van der Waals surface area contributed by atoms with Crippen molar-refractivity contribution >= 4 is 41.3 Å². The maximum absolute atomic E-state index is 12.8. The summed E-state index contributed by atoms with van der Waals surface area (Å²) in [6.07, 6.45) is 3.05. The second kappa shape index (κ2) is 12.1. The van der Waals surface area contributed by atoms with Gasteiger partial charge in [0.05, 0.1) is 18.8 Å². The minimum absolute atomic E-state index is 0.0220. The van der Waals surface area contributed by atoms with Crippen LogP contribution in [0.3, 0.4) is 0 Å². The quantitative estimate of drug-likeness (QED) is 0.197. The predicted molar refractivity (Wildman–Crippen MR) is 121 cm³/mol. The Balaban J connectivity index is 2.11. The number of hydrogen-bond acceptors (Lipinski definition) is 8. The third-order valence-corrected chi connectivity index (χ3v) is 5.12. The molecule has 1 amide bonds. The molecule has 3 atom stereocenters. The van der Waals surface area contributed by atoms with Crippen LogP contribution >= 0.6 is 12.6 Å². The highest BCUT2D eigenvalue weighted by Gasteiger charge is 2.41. The summed E-state index contributed by atoms with van der Waals surface area (Å²) in [4.78, 5) is 49.2. The summed E-state index contributed by atoms with van der Waals surface area (Å²) in [7, 11) is 1.37. The molecule has 2 rings (SSSR count). The van der Waals surface area contributed by atoms with E-state index in [4.69, 9.17) is 14.2 Å². The highest BCUT2D eigenvalue weighted by molar-refractivity contribution is 7.96. The molecule has 1 unspecified atom stereocenters. The van der Waals surface area contributed by atoms with Gasteiger partial charge in [0.1, 0.15) is 24.7 Å². The number of amides is 1. The highest BCUT2D eigenvalue weighted by Crippen LogP contribution is 2.31. The van der Waals surface area contributed by atoms with Crippen molar-refractivity contribution in [2.24, 2.45) is 11.8 Å². The lowest BCUT2D eigenvalue weighted by Crippen LogP contribution is -2.35. The van der Waals surface area contributed by atoms with Crippen molar-refractivity contribution in [1.82, 2.24) is 5.32 Å². The summed E-state index contributed by atoms with van der Waals surface area (Å²) < 4.78 is 15.3. The average Bonchev–Trinajstić information content (AvgIpc) is 3.25. The van der Waals surface area contributed by atoms with E-state index in [0.717, 1.165) is 0 Å². The Morgan fingerprint density at radius 1 is 1.22 bits per heavy atom. The minimum Gasteiger partial charge on any atom is -0.494 e. The van der Waals surface area contributed by atoms with Gasteiger partial charge < -0.3 is 24.8 Å². The molecule has 1 aromatic carbocycles. The van der Waals surface area contributed by atoms with Gasteiger partial charge >= 0.3 is 11.9 Å². The van der Waals surface area contributed by atoms with Crippen molar-refractivity contribution in [3.8, 4) is 5.75 Å². The number of carbonyl (C=O) groups is 4. The fourth-order valence-corrected chi connectivity index (χ4v) is 3.71. The third-order valence-electron chi connectivity index (χ3n) is 4.85. The summed E-state index contributed by atoms with van der Waals surface area (Å²) in [6, 6.07) is 4.00. The zero-order chi connectivity index (χ0) is 23.7. The lowest BCUT2D eigenvalue weighted by atomic mass is 9.90. The fourth-order valence-electron chi connectivity index (χ4n) is 3.39. The van der Waals surface area contributed by atoms with E-state index in [1.54, 1.807) is 12.1 Å². The van der Waals surface area contributed by atoms with Crippen LogP contribution in [0.25, 0.3) is 0 Å². The van der Waals surface area contributed by atoms with Crippen molar-refractivity contribution in [2.75, 3.05) is 32.2 Å². The molecule has 32 heavy (non-hydrogen) atoms. The molecule has 0 spiro atoms. The van der Waals surface area contributed by atoms with E-state index >= 15 is 0 Å². The van der Waals surface area contributed by atoms with E-state index in [1.165, 1.54) is 25.3 Å². The Kier molecular flexibility index (Phi) is 9.48. The zero-order valence-corrected chi connectivity index (χ0v) is 18.6. The van der Waals surface area contributed by atoms with Gasteiger partial charge in [-0.15, -0.1) is 12.6 Å². The normalized spacial score (nSPS) is 18.2. The van der Waals surface area contributed by atoms with Crippen LogP contribution in [0.4, 0.5) is 5.69 Å². The molecule has 0 radical (unpaired) electrons. The summed E-state index contributed by atoms with van der Waals surface area (Å²) in [6.45, 7) is 7.22. The summed E-state index contributed by atoms with van der Waals surface area (Å²) in [5.41, 5.74) is 0.429. The van der Waals surface area contributed by atoms with Crippen molar-refractivity contribution < 1.29 is 33.4 Å². The highest BCUT2D eigenvalue weighted by atomic mass is 32.1. The van der Waals surface area contributed by atoms with Crippen LogP contribution in [0.1, 0.15) is 16.8 Å². The fraction of sp³-hybridized carbons (Fsp3) is 0.364. The largest absolute Gasteiger partial charge is 0.494 e. The van der Waals surface area contributed by atoms with E-state index in [-0.39, 0.29) is 43.2 Å². The van der Waals surface area contributed by atoms with Crippen LogP contribution in [-0.4, -0.2) is 55.9 Å². The number of benzene rings is 1. The number of hydrogen-bond donors (Lipinski definition) is 3. The molecule has 9 nitrogen and oxygen atoms in total. The molecule has 0 bridgehead atoms. The molecule has 2 N–H and O–H groups in total. The molecule has 1 saturated heterocycles. The number of esters is 2. The van der Waals surface area contributed by atoms with E-state index < -0.39 is 40.8 Å². The second-order valence-corrected chi connectivity index (χ2v) is 7.39. The average molecular weight is 463 g/mol. The first kappa shape index (κ1) is 25.2. The topological polar surface area (TPSA) is 120 Å². The van der Waals surface area contributed by atoms with Crippen LogP contribution in [0.15, 0.2) is 43.5 Å². The van der Waals surface area contributed by atoms with E-state index in [1.807, 2.05) is 0 Å². The number of anilines is 1. The lowest BCUT2D eigenvalue weighted by molar-refractivity contribution is -0.151. The van der Waals surface area contributed by atoms with Crippen molar-refractivity contribution in [3.05, 3.63) is 49.1 Å². The molecule has 0 aromatic heterocycles. The summed E-state index contributed by atoms with van der Waals surface area (Å²) >= 11 is 3.81. The Bertz CT molecular complexity index is 902. The number of nitrogens with one attached hydrogen (secondary N) is 2. The van der Waals surface area contributed by atoms with Crippen LogP contribution in [-0.2, 0) is 23.9 Å². The van der Waals surface area contributed by atoms with Gasteiger partial charge in [-0.05, 0) is 24.5 Å². The number of ether oxygens (including phenoxy) is 3. The lowest BCUT2D eigenvalue weighted by Gasteiger charge is -2.18. The molecule has 172 valence electrons. The standard InChI is InChI=1S/C22H26N2O7S/c1-4-9-30-20(26)14-7-6-8-15(18(14)29-3)24-19(25)16-11-13(12-23-16)17(22(28)32)21(27)31-10-5-2/h4-8,13,16-17,23H,1-2,9-12H2,3H3,(H,24,25)(H,28,32)/t13-,16+,17?/m1/s1. The van der Waals surface area contributed by atoms with Crippen molar-refractivity contribution in [2.45, 2.75) is 12.5 Å². The molecule has 1 fully saturated rings. The minimum atomic E-state index is -1.10. The summed E-state index contributed by atoms with van der Waals surface area (Å²) in [5.74, 6) is -3.14. The van der Waals surface area contributed by atoms with E-state index in [0.29, 0.717) is 0 Å². The maximum Gasteiger partial charge on any atom is 0.342 e. The Morgan fingerprint density at radius 2 is 1.91 bits per heavy atom. The molecule has 1 aliphatic heterocycles. The van der Waals surface area contributed by atoms with Gasteiger partial charge in [-0.3, -0.25) is 14.4 Å². The van der Waals surface area contributed by atoms with Gasteiger partial charge in [0, 0.05) is 6.54 Å². The Labute approximate surface area is 191 Å². The monoisotopic (exact) mass is 462 g/mol. The van der Waals surface area contributed by atoms with Gasteiger partial charge in [0.2, 0.25) is 5.91 Å². The number of rotatable bonds is 11. The van der Waals surface area contributed by atoms with Crippen LogP contribution in [0.2, 0.25) is 0 Å². The molecule has 10 heteroatoms. The maximum atomic E-state index is 12.8. The molecule has 0 saturated carbocycles. The molecular weight excluding hydrogens is 436 g/mol. The second-order valence-electron chi connectivity index (χ2n) is 6.95. The summed E-state index contributed by atoms with van der Waals surface area (Å²) in [5, 5.41) is 5.10. The molecule has 0 aliphatic carbocycles. The number of para-hydroxylation sites is 1. The van der Waals surface area contributed by atoms with Crippen molar-refractivity contribution in [3.63, 3.8) is 0 Å². The predicted octanol–water partition coefficient (Wildman–Crippen LogP) is 1.76. The van der Waals surface area contributed by atoms with Gasteiger partial charge in [-0.25, -0.2) is 4.79 Å². The van der Waals surface area contributed by atoms with Gasteiger partial charge in [0.25, 0.3) is 0 Å². The van der Waals surface area contributed by atoms with Gasteiger partial charge in [0.15, 0.2) is 10.9 Å². The first-order valence-corrected chi connectivity index (χ1v) is 10.3. The number of carbonyl (C=O) groups excluding carboxylic acids is 4. The van der Waals surface area contributed by atoms with Gasteiger partial charge in [-0.2, -0.15) is 0 Å². The molecule has 1 heterocycles. The molecular formula is C22H26N2O7S. The molecule has 1 aliphatic rings. The SMILES string of the molecule is C=CCOC(=O)c1cccc(NC(=O)[C@@H]2C[C@@H](C(C(=O)S)C(=O)OCC=C)CN2)c1OC. The van der Waals surface area contributed by atoms with Crippen LogP contribution in [0.5, 0.6) is 5.75 Å². The first-order valence-electron chi connectivity index (χ1n) is 9.83. The third kappa shape index (κ3) is 6.21. The molecule has 1 aromatic rings. The van der Waals surface area contributed by atoms with Crippen molar-refractivity contribution in [1.29, 1.82) is 0 Å².